The number of nitrogens with one attached hydrogen (secondary N) is 1. The van der Waals surface area contributed by atoms with Gasteiger partial charge in [0.1, 0.15) is 14.4 Å². The molecule has 1 amide bonds. The number of hydrogen-bond donors (Lipinski definition) is 1. The summed E-state index contributed by atoms with van der Waals surface area (Å²) in [7, 11) is 0. The van der Waals surface area contributed by atoms with Crippen LogP contribution in [0.15, 0.2) is 24.5 Å². The molecule has 8 heteroatoms. The Bertz CT molecular complexity index is 838. The van der Waals surface area contributed by atoms with Crippen molar-refractivity contribution in [3.63, 3.8) is 0 Å². The number of aromatic nitrogens is 4. The standard InChI is InChI=1S/C13H10IN5OS/c14-9-5-15-10-4-3-8(6-19(9)10)11(20)16-13-18-17-12(21-13)7-1-2-7/h3-7H,1-2H2,(H,16,18,20). The molecule has 4 rings (SSSR count). The van der Waals surface area contributed by atoms with E-state index in [0.29, 0.717) is 16.6 Å². The van der Waals surface area contributed by atoms with Gasteiger partial charge in [0, 0.05) is 12.1 Å². The zero-order chi connectivity index (χ0) is 14.4. The van der Waals surface area contributed by atoms with Crippen molar-refractivity contribution < 1.29 is 4.79 Å². The van der Waals surface area contributed by atoms with Gasteiger partial charge >= 0.3 is 0 Å². The molecule has 0 saturated heterocycles. The van der Waals surface area contributed by atoms with E-state index in [0.717, 1.165) is 14.4 Å². The Morgan fingerprint density at radius 2 is 2.24 bits per heavy atom. The van der Waals surface area contributed by atoms with Crippen LogP contribution in [0, 0.1) is 3.70 Å². The molecule has 0 aliphatic heterocycles. The SMILES string of the molecule is O=C(Nc1nnc(C2CC2)s1)c1ccc2ncc(I)n2c1. The van der Waals surface area contributed by atoms with Crippen LogP contribution in [-0.4, -0.2) is 25.5 Å². The van der Waals surface area contributed by atoms with Crippen LogP contribution in [0.2, 0.25) is 0 Å². The van der Waals surface area contributed by atoms with Crippen molar-refractivity contribution in [1.29, 1.82) is 0 Å². The number of amides is 1. The lowest BCUT2D eigenvalue weighted by Gasteiger charge is -2.02. The average Bonchev–Trinajstić information content (AvgIpc) is 3.14. The Morgan fingerprint density at radius 3 is 3.05 bits per heavy atom. The van der Waals surface area contributed by atoms with E-state index in [2.05, 4.69) is 43.1 Å². The normalized spacial score (nSPS) is 14.5. The molecule has 0 unspecified atom stereocenters. The van der Waals surface area contributed by atoms with E-state index >= 15 is 0 Å². The van der Waals surface area contributed by atoms with Crippen molar-refractivity contribution in [2.75, 3.05) is 5.32 Å². The molecule has 1 aliphatic carbocycles. The van der Waals surface area contributed by atoms with E-state index in [1.54, 1.807) is 18.5 Å². The summed E-state index contributed by atoms with van der Waals surface area (Å²) in [6, 6.07) is 3.59. The molecule has 0 spiro atoms. The van der Waals surface area contributed by atoms with Gasteiger partial charge in [-0.2, -0.15) is 0 Å². The van der Waals surface area contributed by atoms with E-state index in [9.17, 15) is 4.79 Å². The van der Waals surface area contributed by atoms with E-state index in [-0.39, 0.29) is 5.91 Å². The van der Waals surface area contributed by atoms with Gasteiger partial charge in [-0.15, -0.1) is 10.2 Å². The molecule has 3 heterocycles. The molecule has 0 radical (unpaired) electrons. The molecule has 1 N–H and O–H groups in total. The van der Waals surface area contributed by atoms with E-state index in [4.69, 9.17) is 0 Å². The van der Waals surface area contributed by atoms with Crippen LogP contribution in [0.4, 0.5) is 5.13 Å². The van der Waals surface area contributed by atoms with Crippen LogP contribution >= 0.6 is 33.9 Å². The molecule has 106 valence electrons. The maximum atomic E-state index is 12.3. The Kier molecular flexibility index (Phi) is 3.14. The summed E-state index contributed by atoms with van der Waals surface area (Å²) in [5.74, 6) is 0.372. The highest BCUT2D eigenvalue weighted by molar-refractivity contribution is 14.1. The zero-order valence-electron chi connectivity index (χ0n) is 10.8. The number of fused-ring (bicyclic) bond motifs is 1. The highest BCUT2D eigenvalue weighted by Crippen LogP contribution is 2.42. The van der Waals surface area contributed by atoms with Crippen molar-refractivity contribution in [3.05, 3.63) is 38.8 Å². The summed E-state index contributed by atoms with van der Waals surface area (Å²) in [5, 5.41) is 12.5. The minimum atomic E-state index is -0.181. The number of pyridine rings is 1. The molecule has 0 aromatic carbocycles. The van der Waals surface area contributed by atoms with E-state index < -0.39 is 0 Å². The van der Waals surface area contributed by atoms with Crippen LogP contribution in [0.1, 0.15) is 34.1 Å². The summed E-state index contributed by atoms with van der Waals surface area (Å²) in [6.07, 6.45) is 5.91. The number of carbonyl (C=O) groups is 1. The lowest BCUT2D eigenvalue weighted by atomic mass is 10.2. The quantitative estimate of drug-likeness (QED) is 0.673. The van der Waals surface area contributed by atoms with Gasteiger partial charge in [0.25, 0.3) is 5.91 Å². The third-order valence-electron chi connectivity index (χ3n) is 3.31. The first kappa shape index (κ1) is 13.1. The predicted molar refractivity (Wildman–Crippen MR) is 87.7 cm³/mol. The fraction of sp³-hybridized carbons (Fsp3) is 0.231. The predicted octanol–water partition coefficient (Wildman–Crippen LogP) is 2.92. The van der Waals surface area contributed by atoms with Gasteiger partial charge in [-0.1, -0.05) is 11.3 Å². The van der Waals surface area contributed by atoms with Gasteiger partial charge in [-0.3, -0.25) is 14.5 Å². The molecule has 6 nitrogen and oxygen atoms in total. The highest BCUT2D eigenvalue weighted by Gasteiger charge is 2.27. The lowest BCUT2D eigenvalue weighted by Crippen LogP contribution is -2.12. The zero-order valence-corrected chi connectivity index (χ0v) is 13.8. The fourth-order valence-corrected chi connectivity index (χ4v) is 3.47. The fourth-order valence-electron chi connectivity index (χ4n) is 2.03. The van der Waals surface area contributed by atoms with Gasteiger partial charge in [0.15, 0.2) is 0 Å². The third kappa shape index (κ3) is 2.53. The van der Waals surface area contributed by atoms with Crippen LogP contribution in [0.5, 0.6) is 0 Å². The van der Waals surface area contributed by atoms with Crippen LogP contribution in [0.25, 0.3) is 5.65 Å². The smallest absolute Gasteiger partial charge is 0.258 e. The molecule has 1 fully saturated rings. The van der Waals surface area contributed by atoms with Gasteiger partial charge in [-0.05, 0) is 47.6 Å². The Hall–Kier alpha value is -1.55. The average molecular weight is 411 g/mol. The Balaban J connectivity index is 1.58. The second kappa shape index (κ2) is 5.02. The van der Waals surface area contributed by atoms with Crippen molar-refractivity contribution in [2.24, 2.45) is 0 Å². The molecule has 3 aromatic heterocycles. The van der Waals surface area contributed by atoms with Crippen molar-refractivity contribution >= 4 is 50.6 Å². The number of rotatable bonds is 3. The number of hydrogen-bond acceptors (Lipinski definition) is 5. The largest absolute Gasteiger partial charge is 0.296 e. The van der Waals surface area contributed by atoms with Crippen LogP contribution in [0.3, 0.4) is 0 Å². The van der Waals surface area contributed by atoms with Gasteiger partial charge in [0.05, 0.1) is 11.8 Å². The lowest BCUT2D eigenvalue weighted by molar-refractivity contribution is 0.102. The summed E-state index contributed by atoms with van der Waals surface area (Å²) in [4.78, 5) is 16.5. The minimum absolute atomic E-state index is 0.181. The molecule has 0 bridgehead atoms. The first-order chi connectivity index (χ1) is 10.2. The molecule has 1 saturated carbocycles. The van der Waals surface area contributed by atoms with Crippen molar-refractivity contribution in [1.82, 2.24) is 19.6 Å². The van der Waals surface area contributed by atoms with Gasteiger partial charge in [0.2, 0.25) is 5.13 Å². The van der Waals surface area contributed by atoms with Gasteiger partial charge in [-0.25, -0.2) is 4.98 Å². The maximum absolute atomic E-state index is 12.3. The summed E-state index contributed by atoms with van der Waals surface area (Å²) >= 11 is 3.64. The summed E-state index contributed by atoms with van der Waals surface area (Å²) in [5.41, 5.74) is 1.39. The topological polar surface area (TPSA) is 72.2 Å². The van der Waals surface area contributed by atoms with E-state index in [1.165, 1.54) is 24.2 Å². The number of halogens is 1. The molecular formula is C13H10IN5OS. The maximum Gasteiger partial charge on any atom is 0.258 e. The van der Waals surface area contributed by atoms with Crippen LogP contribution in [-0.2, 0) is 0 Å². The summed E-state index contributed by atoms with van der Waals surface area (Å²) in [6.45, 7) is 0. The summed E-state index contributed by atoms with van der Waals surface area (Å²) < 4.78 is 2.84. The first-order valence-electron chi connectivity index (χ1n) is 6.48. The highest BCUT2D eigenvalue weighted by atomic mass is 127. The molecule has 1 aliphatic rings. The second-order valence-corrected chi connectivity index (χ2v) is 7.02. The molecule has 21 heavy (non-hydrogen) atoms. The number of anilines is 1. The molecular weight excluding hydrogens is 401 g/mol. The van der Waals surface area contributed by atoms with Crippen LogP contribution < -0.4 is 5.32 Å². The minimum Gasteiger partial charge on any atom is -0.296 e. The number of imidazole rings is 1. The van der Waals surface area contributed by atoms with Gasteiger partial charge < -0.3 is 0 Å². The molecule has 3 aromatic rings. The first-order valence-corrected chi connectivity index (χ1v) is 8.37. The monoisotopic (exact) mass is 411 g/mol. The number of carbonyl (C=O) groups excluding carboxylic acids is 1. The van der Waals surface area contributed by atoms with Crippen molar-refractivity contribution in [2.45, 2.75) is 18.8 Å². The Morgan fingerprint density at radius 1 is 1.38 bits per heavy atom. The third-order valence-corrected chi connectivity index (χ3v) is 5.11. The Labute approximate surface area is 137 Å². The second-order valence-electron chi connectivity index (χ2n) is 4.90. The van der Waals surface area contributed by atoms with Crippen molar-refractivity contribution in [3.8, 4) is 0 Å². The molecule has 0 atom stereocenters. The van der Waals surface area contributed by atoms with E-state index in [1.807, 2.05) is 10.5 Å². The number of nitrogens with zero attached hydrogens (tertiary/aromatic N) is 4.